The Labute approximate surface area is 182 Å². The van der Waals surface area contributed by atoms with Gasteiger partial charge in [-0.05, 0) is 42.0 Å². The molecular formula is C23H18N4O3S. The van der Waals surface area contributed by atoms with Crippen molar-refractivity contribution >= 4 is 34.8 Å². The van der Waals surface area contributed by atoms with E-state index in [1.807, 2.05) is 36.4 Å². The summed E-state index contributed by atoms with van der Waals surface area (Å²) in [6.07, 6.45) is 1.44. The molecule has 0 radical (unpaired) electrons. The van der Waals surface area contributed by atoms with Gasteiger partial charge in [-0.2, -0.15) is 5.10 Å². The smallest absolute Gasteiger partial charge is 0.266 e. The highest BCUT2D eigenvalue weighted by Gasteiger charge is 2.14. The molecule has 31 heavy (non-hydrogen) atoms. The average Bonchev–Trinajstić information content (AvgIpc) is 2.78. The lowest BCUT2D eigenvalue weighted by Crippen LogP contribution is -2.24. The first-order valence-electron chi connectivity index (χ1n) is 9.43. The second-order valence-electron chi connectivity index (χ2n) is 6.56. The van der Waals surface area contributed by atoms with Crippen LogP contribution in [0.25, 0.3) is 16.6 Å². The number of thioether (sulfide) groups is 1. The van der Waals surface area contributed by atoms with Crippen LogP contribution in [0.2, 0.25) is 0 Å². The van der Waals surface area contributed by atoms with Gasteiger partial charge in [0.1, 0.15) is 5.75 Å². The largest absolute Gasteiger partial charge is 0.508 e. The molecule has 0 spiro atoms. The third-order valence-electron chi connectivity index (χ3n) is 4.36. The van der Waals surface area contributed by atoms with E-state index in [1.165, 1.54) is 16.8 Å². The van der Waals surface area contributed by atoms with Crippen molar-refractivity contribution < 1.29 is 9.90 Å². The number of amides is 1. The van der Waals surface area contributed by atoms with E-state index in [9.17, 15) is 14.7 Å². The maximum atomic E-state index is 13.1. The summed E-state index contributed by atoms with van der Waals surface area (Å²) >= 11 is 1.15. The summed E-state index contributed by atoms with van der Waals surface area (Å²) in [6.45, 7) is 0. The summed E-state index contributed by atoms with van der Waals surface area (Å²) in [5, 5.41) is 14.3. The second kappa shape index (κ2) is 9.27. The van der Waals surface area contributed by atoms with Gasteiger partial charge < -0.3 is 5.11 Å². The number of carbonyl (C=O) groups excluding carboxylic acids is 1. The van der Waals surface area contributed by atoms with Crippen molar-refractivity contribution in [2.75, 3.05) is 5.75 Å². The molecule has 2 N–H and O–H groups in total. The number of hydrazone groups is 1. The Kier molecular flexibility index (Phi) is 6.09. The van der Waals surface area contributed by atoms with E-state index in [4.69, 9.17) is 0 Å². The molecule has 154 valence electrons. The molecule has 0 saturated carbocycles. The highest BCUT2D eigenvalue weighted by molar-refractivity contribution is 7.99. The summed E-state index contributed by atoms with van der Waals surface area (Å²) < 4.78 is 1.51. The molecule has 7 nitrogen and oxygen atoms in total. The van der Waals surface area contributed by atoms with Crippen LogP contribution in [-0.4, -0.2) is 32.5 Å². The van der Waals surface area contributed by atoms with Crippen LogP contribution < -0.4 is 11.0 Å². The monoisotopic (exact) mass is 430 g/mol. The lowest BCUT2D eigenvalue weighted by Gasteiger charge is -2.12. The highest BCUT2D eigenvalue weighted by Crippen LogP contribution is 2.21. The third-order valence-corrected chi connectivity index (χ3v) is 5.30. The molecule has 0 unspecified atom stereocenters. The SMILES string of the molecule is O=C(CSc1nc2ccccc2c(=O)n1-c1ccccc1)N/N=C\c1cccc(O)c1. The van der Waals surface area contributed by atoms with Crippen LogP contribution in [0.1, 0.15) is 5.56 Å². The zero-order chi connectivity index (χ0) is 21.6. The molecule has 0 aliphatic rings. The standard InChI is InChI=1S/C23H18N4O3S/c28-18-10-6-7-16(13-18)14-24-26-21(29)15-31-23-25-20-12-5-4-11-19(20)22(30)27(23)17-8-2-1-3-9-17/h1-14,28H,15H2,(H,26,29)/b24-14-. The lowest BCUT2D eigenvalue weighted by atomic mass is 10.2. The molecule has 4 rings (SSSR count). The molecule has 1 heterocycles. The number of para-hydroxylation sites is 2. The number of carbonyl (C=O) groups is 1. The van der Waals surface area contributed by atoms with Crippen LogP contribution in [0.5, 0.6) is 5.75 Å². The first kappa shape index (κ1) is 20.4. The number of phenols is 1. The van der Waals surface area contributed by atoms with Gasteiger partial charge in [-0.25, -0.2) is 10.4 Å². The minimum Gasteiger partial charge on any atom is -0.508 e. The molecule has 0 saturated heterocycles. The van der Waals surface area contributed by atoms with Crippen molar-refractivity contribution in [3.8, 4) is 11.4 Å². The Morgan fingerprint density at radius 3 is 2.65 bits per heavy atom. The Morgan fingerprint density at radius 1 is 1.06 bits per heavy atom. The second-order valence-corrected chi connectivity index (χ2v) is 7.51. The van der Waals surface area contributed by atoms with E-state index < -0.39 is 0 Å². The van der Waals surface area contributed by atoms with E-state index in [0.717, 1.165) is 11.8 Å². The average molecular weight is 430 g/mol. The van der Waals surface area contributed by atoms with Gasteiger partial charge in [-0.15, -0.1) is 0 Å². The quantitative estimate of drug-likeness (QED) is 0.212. The Balaban J connectivity index is 1.55. The normalized spacial score (nSPS) is 11.1. The first-order valence-corrected chi connectivity index (χ1v) is 10.4. The number of phenolic OH excluding ortho intramolecular Hbond substituents is 1. The molecule has 0 fully saturated rings. The fraction of sp³-hybridized carbons (Fsp3) is 0.0435. The third kappa shape index (κ3) is 4.81. The number of hydrogen-bond donors (Lipinski definition) is 2. The first-order chi connectivity index (χ1) is 15.1. The molecule has 0 atom stereocenters. The Hall–Kier alpha value is -3.91. The minimum atomic E-state index is -0.344. The van der Waals surface area contributed by atoms with Gasteiger partial charge in [0.05, 0.1) is 28.6 Å². The molecule has 0 aliphatic carbocycles. The van der Waals surface area contributed by atoms with E-state index in [0.29, 0.717) is 27.3 Å². The van der Waals surface area contributed by atoms with Gasteiger partial charge in [0.15, 0.2) is 5.16 Å². The number of fused-ring (bicyclic) bond motifs is 1. The Morgan fingerprint density at radius 2 is 1.84 bits per heavy atom. The number of aromatic hydroxyl groups is 1. The van der Waals surface area contributed by atoms with Crippen molar-refractivity contribution in [3.05, 3.63) is 94.8 Å². The van der Waals surface area contributed by atoms with Gasteiger partial charge in [-0.3, -0.25) is 14.2 Å². The van der Waals surface area contributed by atoms with E-state index in [1.54, 1.807) is 36.4 Å². The summed E-state index contributed by atoms with van der Waals surface area (Å²) in [5.41, 5.74) is 4.16. The summed E-state index contributed by atoms with van der Waals surface area (Å²) in [5.74, 6) is -0.204. The fourth-order valence-corrected chi connectivity index (χ4v) is 3.77. The Bertz CT molecular complexity index is 1320. The van der Waals surface area contributed by atoms with E-state index in [-0.39, 0.29) is 23.0 Å². The number of aromatic nitrogens is 2. The summed E-state index contributed by atoms with van der Waals surface area (Å²) in [4.78, 5) is 30.0. The number of nitrogens with zero attached hydrogens (tertiary/aromatic N) is 3. The predicted molar refractivity (Wildman–Crippen MR) is 122 cm³/mol. The number of nitrogens with one attached hydrogen (secondary N) is 1. The van der Waals surface area contributed by atoms with Gasteiger partial charge in [0.25, 0.3) is 11.5 Å². The number of rotatable bonds is 6. The topological polar surface area (TPSA) is 96.6 Å². The fourth-order valence-electron chi connectivity index (χ4n) is 2.96. The van der Waals surface area contributed by atoms with Gasteiger partial charge in [-0.1, -0.05) is 54.2 Å². The van der Waals surface area contributed by atoms with Crippen LogP contribution >= 0.6 is 11.8 Å². The van der Waals surface area contributed by atoms with Crippen LogP contribution in [-0.2, 0) is 4.79 Å². The van der Waals surface area contributed by atoms with Crippen molar-refractivity contribution in [1.82, 2.24) is 15.0 Å². The molecule has 3 aromatic carbocycles. The lowest BCUT2D eigenvalue weighted by molar-refractivity contribution is -0.118. The van der Waals surface area contributed by atoms with Gasteiger partial charge >= 0.3 is 0 Å². The van der Waals surface area contributed by atoms with E-state index >= 15 is 0 Å². The van der Waals surface area contributed by atoms with Crippen molar-refractivity contribution in [3.63, 3.8) is 0 Å². The summed E-state index contributed by atoms with van der Waals surface area (Å²) in [7, 11) is 0. The maximum Gasteiger partial charge on any atom is 0.266 e. The number of benzene rings is 3. The molecular weight excluding hydrogens is 412 g/mol. The van der Waals surface area contributed by atoms with Gasteiger partial charge in [0, 0.05) is 0 Å². The summed E-state index contributed by atoms with van der Waals surface area (Å²) in [6, 6.07) is 22.8. The molecule has 1 aromatic heterocycles. The van der Waals surface area contributed by atoms with Crippen LogP contribution in [0.15, 0.2) is 93.9 Å². The van der Waals surface area contributed by atoms with Crippen molar-refractivity contribution in [1.29, 1.82) is 0 Å². The minimum absolute atomic E-state index is 0.0228. The molecule has 0 aliphatic heterocycles. The zero-order valence-corrected chi connectivity index (χ0v) is 17.1. The van der Waals surface area contributed by atoms with Crippen LogP contribution in [0.3, 0.4) is 0 Å². The molecule has 0 bridgehead atoms. The number of hydrogen-bond acceptors (Lipinski definition) is 6. The molecule has 8 heteroatoms. The van der Waals surface area contributed by atoms with Crippen LogP contribution in [0, 0.1) is 0 Å². The zero-order valence-electron chi connectivity index (χ0n) is 16.3. The van der Waals surface area contributed by atoms with Crippen molar-refractivity contribution in [2.45, 2.75) is 5.16 Å². The predicted octanol–water partition coefficient (Wildman–Crippen LogP) is 3.33. The van der Waals surface area contributed by atoms with Gasteiger partial charge in [0.2, 0.25) is 0 Å². The van der Waals surface area contributed by atoms with Crippen LogP contribution in [0.4, 0.5) is 0 Å². The maximum absolute atomic E-state index is 13.1. The van der Waals surface area contributed by atoms with E-state index in [2.05, 4.69) is 15.5 Å². The molecule has 4 aromatic rings. The van der Waals surface area contributed by atoms with Crippen molar-refractivity contribution in [2.24, 2.45) is 5.10 Å². The molecule has 1 amide bonds. The highest BCUT2D eigenvalue weighted by atomic mass is 32.2.